The van der Waals surface area contributed by atoms with E-state index in [0.717, 1.165) is 31.6 Å². The smallest absolute Gasteiger partial charge is 1.00 e. The zero-order chi connectivity index (χ0) is 22.3. The molecule has 0 saturated heterocycles. The summed E-state index contributed by atoms with van der Waals surface area (Å²) in [5, 5.41) is 19.9. The van der Waals surface area contributed by atoms with E-state index in [-0.39, 0.29) is 31.0 Å². The van der Waals surface area contributed by atoms with Crippen LogP contribution in [0.3, 0.4) is 0 Å². The van der Waals surface area contributed by atoms with Crippen molar-refractivity contribution in [2.75, 3.05) is 4.93 Å². The summed E-state index contributed by atoms with van der Waals surface area (Å²) >= 11 is 5.08. The number of alkyl halides is 1. The molecule has 4 nitrogen and oxygen atoms in total. The van der Waals surface area contributed by atoms with Gasteiger partial charge in [0.25, 0.3) is 0 Å². The van der Waals surface area contributed by atoms with E-state index in [4.69, 9.17) is 10.5 Å². The maximum Gasteiger partial charge on any atom is 1.00 e. The average Bonchev–Trinajstić information content (AvgIpc) is 3.34. The monoisotopic (exact) mass is 570 g/mol. The standard InChI is InChI=1S/C12H12N2S.C10H8N2S.CH3I.Na.H/c1-8-4-5-10-9(6-8)11(14-15-10)12(2,3)7-13;1-7-2-3-10-8(6-7)9(4-5-11)12-13-10;1-2;;/h4-6H,1-3H3;2-3,6H,4H2,1H3;1H3;;/q;;;+1;-1. The average molecular weight is 571 g/mol. The molecule has 0 saturated carbocycles. The molecule has 8 heteroatoms. The summed E-state index contributed by atoms with van der Waals surface area (Å²) in [5.41, 5.74) is 3.72. The summed E-state index contributed by atoms with van der Waals surface area (Å²) in [6, 6.07) is 16.9. The van der Waals surface area contributed by atoms with Crippen molar-refractivity contribution in [1.82, 2.24) is 8.75 Å². The molecular weight excluding hydrogens is 546 g/mol. The van der Waals surface area contributed by atoms with E-state index >= 15 is 0 Å². The minimum atomic E-state index is -0.508. The normalized spacial score (nSPS) is 10.1. The molecule has 0 radical (unpaired) electrons. The van der Waals surface area contributed by atoms with Gasteiger partial charge >= 0.3 is 29.6 Å². The van der Waals surface area contributed by atoms with Gasteiger partial charge in [-0.2, -0.15) is 19.3 Å². The second kappa shape index (κ2) is 12.8. The second-order valence-electron chi connectivity index (χ2n) is 7.23. The Kier molecular flexibility index (Phi) is 11.6. The number of nitriles is 2. The summed E-state index contributed by atoms with van der Waals surface area (Å²) < 4.78 is 11.0. The van der Waals surface area contributed by atoms with Crippen molar-refractivity contribution in [1.29, 1.82) is 10.5 Å². The number of nitrogens with zero attached hydrogens (tertiary/aromatic N) is 4. The molecule has 4 aromatic rings. The number of fused-ring (bicyclic) bond motifs is 2. The van der Waals surface area contributed by atoms with Gasteiger partial charge in [0, 0.05) is 10.8 Å². The quantitative estimate of drug-likeness (QED) is 0.205. The fourth-order valence-electron chi connectivity index (χ4n) is 2.86. The number of aromatic nitrogens is 2. The third kappa shape index (κ3) is 6.95. The molecule has 156 valence electrons. The van der Waals surface area contributed by atoms with Gasteiger partial charge in [-0.05, 0) is 80.0 Å². The number of rotatable bonds is 2. The third-order valence-electron chi connectivity index (χ3n) is 4.44. The first-order valence-corrected chi connectivity index (χ1v) is 12.9. The van der Waals surface area contributed by atoms with Crippen molar-refractivity contribution in [2.45, 2.75) is 39.5 Å². The van der Waals surface area contributed by atoms with Crippen LogP contribution in [-0.2, 0) is 11.8 Å². The van der Waals surface area contributed by atoms with Crippen LogP contribution >= 0.6 is 45.7 Å². The van der Waals surface area contributed by atoms with Crippen LogP contribution in [0.1, 0.15) is 37.8 Å². The van der Waals surface area contributed by atoms with E-state index in [0.29, 0.717) is 6.42 Å². The Morgan fingerprint density at radius 2 is 1.45 bits per heavy atom. The Balaban J connectivity index is 0.000000531. The van der Waals surface area contributed by atoms with Crippen LogP contribution in [0.5, 0.6) is 0 Å². The van der Waals surface area contributed by atoms with E-state index < -0.39 is 5.41 Å². The molecule has 0 unspecified atom stereocenters. The molecule has 0 aliphatic carbocycles. The minimum absolute atomic E-state index is 0. The maximum atomic E-state index is 9.11. The van der Waals surface area contributed by atoms with Gasteiger partial charge < -0.3 is 1.43 Å². The summed E-state index contributed by atoms with van der Waals surface area (Å²) in [7, 11) is 0. The molecule has 0 aliphatic rings. The van der Waals surface area contributed by atoms with Gasteiger partial charge in [0.05, 0.1) is 44.8 Å². The van der Waals surface area contributed by atoms with E-state index in [9.17, 15) is 0 Å². The van der Waals surface area contributed by atoms with Crippen LogP contribution in [0.4, 0.5) is 0 Å². The van der Waals surface area contributed by atoms with Crippen LogP contribution in [0.15, 0.2) is 36.4 Å². The van der Waals surface area contributed by atoms with E-state index in [1.165, 1.54) is 34.2 Å². The molecule has 0 aliphatic heterocycles. The first kappa shape index (κ1) is 28.0. The number of aryl methyl sites for hydroxylation is 2. The predicted molar refractivity (Wildman–Crippen MR) is 138 cm³/mol. The van der Waals surface area contributed by atoms with Crippen molar-refractivity contribution in [3.63, 3.8) is 0 Å². The molecule has 31 heavy (non-hydrogen) atoms. The third-order valence-corrected chi connectivity index (χ3v) is 6.13. The number of halogens is 1. The van der Waals surface area contributed by atoms with E-state index in [1.807, 2.05) is 25.7 Å². The fourth-order valence-corrected chi connectivity index (χ4v) is 4.54. The maximum absolute atomic E-state index is 9.11. The van der Waals surface area contributed by atoms with Gasteiger partial charge in [-0.3, -0.25) is 0 Å². The van der Waals surface area contributed by atoms with E-state index in [2.05, 4.69) is 86.8 Å². The molecule has 2 heterocycles. The molecule has 4 rings (SSSR count). The van der Waals surface area contributed by atoms with Crippen LogP contribution in [0, 0.1) is 36.5 Å². The number of benzene rings is 2. The molecule has 0 N–H and O–H groups in total. The van der Waals surface area contributed by atoms with Crippen LogP contribution in [0.2, 0.25) is 0 Å². The van der Waals surface area contributed by atoms with Gasteiger partial charge in [-0.1, -0.05) is 45.9 Å². The first-order valence-electron chi connectivity index (χ1n) is 9.23. The Morgan fingerprint density at radius 3 is 2.00 bits per heavy atom. The van der Waals surface area contributed by atoms with Crippen LogP contribution in [0.25, 0.3) is 20.2 Å². The SMILES string of the molecule is CI.Cc1ccc2snc(C(C)(C)C#N)c2c1.Cc1ccc2snc(CC#N)c2c1.[H-].[Na+]. The Morgan fingerprint density at radius 1 is 0.935 bits per heavy atom. The first-order chi connectivity index (χ1) is 14.4. The van der Waals surface area contributed by atoms with Gasteiger partial charge in [0.15, 0.2) is 0 Å². The van der Waals surface area contributed by atoms with Gasteiger partial charge in [0.2, 0.25) is 0 Å². The summed E-state index contributed by atoms with van der Waals surface area (Å²) in [5.74, 6) is 0. The Bertz CT molecular complexity index is 1240. The molecule has 0 atom stereocenters. The van der Waals surface area contributed by atoms with Gasteiger partial charge in [0.1, 0.15) is 0 Å². The second-order valence-corrected chi connectivity index (χ2v) is 8.84. The Hall–Kier alpha value is -1.07. The van der Waals surface area contributed by atoms with E-state index in [1.54, 1.807) is 0 Å². The summed E-state index contributed by atoms with van der Waals surface area (Å²) in [6.07, 6.45) is 0.406. The topological polar surface area (TPSA) is 73.4 Å². The largest absolute Gasteiger partial charge is 1.00 e. The van der Waals surface area contributed by atoms with Gasteiger partial charge in [-0.15, -0.1) is 0 Å². The van der Waals surface area contributed by atoms with Crippen LogP contribution in [-0.4, -0.2) is 13.7 Å². The van der Waals surface area contributed by atoms with Crippen LogP contribution < -0.4 is 29.6 Å². The zero-order valence-electron chi connectivity index (χ0n) is 19.7. The molecule has 0 bridgehead atoms. The van der Waals surface area contributed by atoms with Crippen molar-refractivity contribution < 1.29 is 31.0 Å². The predicted octanol–water partition coefficient (Wildman–Crippen LogP) is 4.24. The molecule has 0 spiro atoms. The van der Waals surface area contributed by atoms with Crippen molar-refractivity contribution in [3.8, 4) is 12.1 Å². The minimum Gasteiger partial charge on any atom is -1.00 e. The number of hydrogen-bond donors (Lipinski definition) is 0. The molecule has 2 aromatic heterocycles. The summed E-state index contributed by atoms with van der Waals surface area (Å²) in [4.78, 5) is 1.97. The molecular formula is C23H24IN4NaS2. The van der Waals surface area contributed by atoms with Crippen molar-refractivity contribution >= 4 is 65.8 Å². The zero-order valence-corrected chi connectivity index (χ0v) is 24.4. The van der Waals surface area contributed by atoms with Crippen molar-refractivity contribution in [2.24, 2.45) is 0 Å². The van der Waals surface area contributed by atoms with Gasteiger partial charge in [-0.25, -0.2) is 0 Å². The number of hydrogen-bond acceptors (Lipinski definition) is 6. The fraction of sp³-hybridized carbons (Fsp3) is 0.304. The van der Waals surface area contributed by atoms with Crippen molar-refractivity contribution in [3.05, 3.63) is 58.9 Å². The molecule has 0 amide bonds. The Labute approximate surface area is 229 Å². The summed E-state index contributed by atoms with van der Waals surface area (Å²) in [6.45, 7) is 7.92. The molecule has 0 fully saturated rings. The molecule has 2 aromatic carbocycles.